The molecule has 0 atom stereocenters. The Labute approximate surface area is 73.7 Å². The Morgan fingerprint density at radius 2 is 2.45 bits per heavy atom. The fraction of sp³-hybridized carbons (Fsp3) is 0.286. The summed E-state index contributed by atoms with van der Waals surface area (Å²) in [5.41, 5.74) is 6.39. The molecule has 0 spiro atoms. The molecule has 1 heterocycles. The van der Waals surface area contributed by atoms with Crippen molar-refractivity contribution in [3.05, 3.63) is 22.3 Å². The van der Waals surface area contributed by atoms with Crippen molar-refractivity contribution >= 4 is 15.9 Å². The Bertz CT molecular complexity index is 252. The monoisotopic (exact) mass is 216 g/mol. The van der Waals surface area contributed by atoms with Crippen LogP contribution in [0.4, 0.5) is 0 Å². The lowest BCUT2D eigenvalue weighted by molar-refractivity contribution is 0.394. The van der Waals surface area contributed by atoms with E-state index in [0.717, 1.165) is 10.0 Å². The Hall–Kier alpha value is -0.610. The van der Waals surface area contributed by atoms with Gasteiger partial charge in [0.1, 0.15) is 0 Å². The molecule has 0 aliphatic carbocycles. The van der Waals surface area contributed by atoms with Gasteiger partial charge in [0.25, 0.3) is 0 Å². The van der Waals surface area contributed by atoms with Gasteiger partial charge in [0.2, 0.25) is 5.88 Å². The van der Waals surface area contributed by atoms with Crippen LogP contribution in [0.5, 0.6) is 5.88 Å². The average molecular weight is 217 g/mol. The van der Waals surface area contributed by atoms with Crippen LogP contribution in [0.1, 0.15) is 5.56 Å². The molecular formula is C7H9BrN2O. The third kappa shape index (κ3) is 1.91. The zero-order valence-corrected chi connectivity index (χ0v) is 7.76. The number of ether oxygens (including phenoxy) is 1. The molecule has 0 aromatic carbocycles. The SMILES string of the molecule is COc1ncc(CN)cc1Br. The van der Waals surface area contributed by atoms with E-state index >= 15 is 0 Å². The van der Waals surface area contributed by atoms with Crippen LogP contribution in [-0.4, -0.2) is 12.1 Å². The van der Waals surface area contributed by atoms with Gasteiger partial charge in [-0.1, -0.05) is 0 Å². The molecule has 0 fully saturated rings. The second-order valence-corrected chi connectivity index (χ2v) is 2.89. The third-order valence-corrected chi connectivity index (χ3v) is 1.86. The van der Waals surface area contributed by atoms with Crippen LogP contribution >= 0.6 is 15.9 Å². The first-order valence-corrected chi connectivity index (χ1v) is 3.95. The number of nitrogens with two attached hydrogens (primary N) is 1. The second-order valence-electron chi connectivity index (χ2n) is 2.04. The standard InChI is InChI=1S/C7H9BrN2O/c1-11-7-6(8)2-5(3-9)4-10-7/h2,4H,3,9H2,1H3. The number of rotatable bonds is 2. The lowest BCUT2D eigenvalue weighted by Crippen LogP contribution is -1.98. The molecule has 0 saturated carbocycles. The Morgan fingerprint density at radius 3 is 2.91 bits per heavy atom. The summed E-state index contributed by atoms with van der Waals surface area (Å²) in [6, 6.07) is 1.89. The maximum absolute atomic E-state index is 5.41. The van der Waals surface area contributed by atoms with E-state index in [4.69, 9.17) is 10.5 Å². The van der Waals surface area contributed by atoms with Crippen LogP contribution in [-0.2, 0) is 6.54 Å². The first kappa shape index (κ1) is 8.49. The van der Waals surface area contributed by atoms with Gasteiger partial charge in [-0.25, -0.2) is 4.98 Å². The van der Waals surface area contributed by atoms with E-state index in [1.165, 1.54) is 0 Å². The number of nitrogens with zero attached hydrogens (tertiary/aromatic N) is 1. The maximum Gasteiger partial charge on any atom is 0.227 e. The van der Waals surface area contributed by atoms with E-state index in [2.05, 4.69) is 20.9 Å². The van der Waals surface area contributed by atoms with Crippen LogP contribution in [0, 0.1) is 0 Å². The number of hydrogen-bond acceptors (Lipinski definition) is 3. The van der Waals surface area contributed by atoms with Gasteiger partial charge in [-0.3, -0.25) is 0 Å². The van der Waals surface area contributed by atoms with Crippen molar-refractivity contribution in [3.63, 3.8) is 0 Å². The van der Waals surface area contributed by atoms with E-state index in [9.17, 15) is 0 Å². The van der Waals surface area contributed by atoms with Crippen molar-refractivity contribution in [2.45, 2.75) is 6.54 Å². The number of aromatic nitrogens is 1. The van der Waals surface area contributed by atoms with Crippen LogP contribution in [0.15, 0.2) is 16.7 Å². The molecule has 0 amide bonds. The fourth-order valence-corrected chi connectivity index (χ4v) is 1.29. The third-order valence-electron chi connectivity index (χ3n) is 1.29. The minimum Gasteiger partial charge on any atom is -0.480 e. The van der Waals surface area contributed by atoms with Gasteiger partial charge >= 0.3 is 0 Å². The topological polar surface area (TPSA) is 48.1 Å². The summed E-state index contributed by atoms with van der Waals surface area (Å²) in [6.07, 6.45) is 1.70. The van der Waals surface area contributed by atoms with Crippen LogP contribution in [0.25, 0.3) is 0 Å². The molecule has 1 aromatic rings. The van der Waals surface area contributed by atoms with E-state index < -0.39 is 0 Å². The van der Waals surface area contributed by atoms with Crippen molar-refractivity contribution in [2.75, 3.05) is 7.11 Å². The highest BCUT2D eigenvalue weighted by Gasteiger charge is 2.00. The molecule has 60 valence electrons. The molecule has 0 bridgehead atoms. The highest BCUT2D eigenvalue weighted by atomic mass is 79.9. The predicted molar refractivity (Wildman–Crippen MR) is 46.4 cm³/mol. The summed E-state index contributed by atoms with van der Waals surface area (Å²) in [5.74, 6) is 0.585. The van der Waals surface area contributed by atoms with E-state index in [-0.39, 0.29) is 0 Å². The molecule has 1 aromatic heterocycles. The molecular weight excluding hydrogens is 208 g/mol. The maximum atomic E-state index is 5.41. The average Bonchev–Trinajstić information content (AvgIpc) is 2.04. The molecule has 0 saturated heterocycles. The first-order chi connectivity index (χ1) is 5.27. The van der Waals surface area contributed by atoms with Crippen molar-refractivity contribution in [1.82, 2.24) is 4.98 Å². The normalized spacial score (nSPS) is 9.73. The van der Waals surface area contributed by atoms with Gasteiger partial charge in [0, 0.05) is 12.7 Å². The summed E-state index contributed by atoms with van der Waals surface area (Å²) < 4.78 is 5.78. The zero-order valence-electron chi connectivity index (χ0n) is 6.17. The van der Waals surface area contributed by atoms with Crippen LogP contribution in [0.3, 0.4) is 0 Å². The van der Waals surface area contributed by atoms with Crippen molar-refractivity contribution < 1.29 is 4.74 Å². The minimum atomic E-state index is 0.496. The molecule has 4 heteroatoms. The summed E-state index contributed by atoms with van der Waals surface area (Å²) in [7, 11) is 1.58. The molecule has 2 N–H and O–H groups in total. The molecule has 0 radical (unpaired) electrons. The number of halogens is 1. The lowest BCUT2D eigenvalue weighted by atomic mass is 10.3. The van der Waals surface area contributed by atoms with Crippen molar-refractivity contribution in [1.29, 1.82) is 0 Å². The fourth-order valence-electron chi connectivity index (χ4n) is 0.727. The minimum absolute atomic E-state index is 0.496. The molecule has 0 aliphatic heterocycles. The predicted octanol–water partition coefficient (Wildman–Crippen LogP) is 1.31. The van der Waals surface area contributed by atoms with Crippen LogP contribution < -0.4 is 10.5 Å². The largest absolute Gasteiger partial charge is 0.480 e. The molecule has 11 heavy (non-hydrogen) atoms. The van der Waals surface area contributed by atoms with Gasteiger partial charge in [-0.15, -0.1) is 0 Å². The molecule has 0 aliphatic rings. The van der Waals surface area contributed by atoms with Gasteiger partial charge in [0.15, 0.2) is 0 Å². The lowest BCUT2D eigenvalue weighted by Gasteiger charge is -2.02. The Balaban J connectivity index is 2.99. The zero-order chi connectivity index (χ0) is 8.27. The number of hydrogen-bond donors (Lipinski definition) is 1. The highest BCUT2D eigenvalue weighted by Crippen LogP contribution is 2.21. The molecule has 3 nitrogen and oxygen atoms in total. The quantitative estimate of drug-likeness (QED) is 0.812. The summed E-state index contributed by atoms with van der Waals surface area (Å²) in [5, 5.41) is 0. The van der Waals surface area contributed by atoms with Crippen molar-refractivity contribution in [3.8, 4) is 5.88 Å². The second kappa shape index (κ2) is 3.69. The highest BCUT2D eigenvalue weighted by molar-refractivity contribution is 9.10. The number of methoxy groups -OCH3 is 1. The van der Waals surface area contributed by atoms with E-state index in [1.54, 1.807) is 13.3 Å². The summed E-state index contributed by atoms with van der Waals surface area (Å²) in [4.78, 5) is 4.02. The first-order valence-electron chi connectivity index (χ1n) is 3.16. The number of pyridine rings is 1. The smallest absolute Gasteiger partial charge is 0.227 e. The van der Waals surface area contributed by atoms with Gasteiger partial charge < -0.3 is 10.5 Å². The Kier molecular flexibility index (Phi) is 2.84. The molecule has 0 unspecified atom stereocenters. The van der Waals surface area contributed by atoms with Gasteiger partial charge in [-0.05, 0) is 27.6 Å². The van der Waals surface area contributed by atoms with Gasteiger partial charge in [-0.2, -0.15) is 0 Å². The molecule has 1 rings (SSSR count). The van der Waals surface area contributed by atoms with Crippen LogP contribution in [0.2, 0.25) is 0 Å². The van der Waals surface area contributed by atoms with E-state index in [0.29, 0.717) is 12.4 Å². The van der Waals surface area contributed by atoms with E-state index in [1.807, 2.05) is 6.07 Å². The summed E-state index contributed by atoms with van der Waals surface area (Å²) >= 11 is 3.31. The summed E-state index contributed by atoms with van der Waals surface area (Å²) in [6.45, 7) is 0.496. The van der Waals surface area contributed by atoms with Gasteiger partial charge in [0.05, 0.1) is 11.6 Å². The Morgan fingerprint density at radius 1 is 1.73 bits per heavy atom. The van der Waals surface area contributed by atoms with Crippen molar-refractivity contribution in [2.24, 2.45) is 5.73 Å².